The van der Waals surface area contributed by atoms with Gasteiger partial charge in [-0.25, -0.2) is 17.6 Å². The second-order valence-electron chi connectivity index (χ2n) is 2.27. The van der Waals surface area contributed by atoms with Crippen molar-refractivity contribution in [2.24, 2.45) is 0 Å². The van der Waals surface area contributed by atoms with E-state index in [1.807, 2.05) is 6.92 Å². The Bertz CT molecular complexity index is 76.1. The Balaban J connectivity index is -0.0000000473. The summed E-state index contributed by atoms with van der Waals surface area (Å²) < 4.78 is 80.9. The van der Waals surface area contributed by atoms with Crippen LogP contribution in [0.25, 0.3) is 0 Å². The SMILES string of the molecule is CCCCF.CCCF.FCF.FCOF.FCOF. The average Bonchev–Trinajstić information content (AvgIpc) is 2.49. The van der Waals surface area contributed by atoms with Crippen LogP contribution in [0.1, 0.15) is 33.1 Å². The van der Waals surface area contributed by atoms with Gasteiger partial charge >= 0.3 is 0 Å². The highest BCUT2D eigenvalue weighted by Crippen LogP contribution is 1.83. The Hall–Kier alpha value is -0.640. The highest BCUT2D eigenvalue weighted by molar-refractivity contribution is 4.23. The van der Waals surface area contributed by atoms with Gasteiger partial charge < -0.3 is 0 Å². The molecule has 0 aliphatic carbocycles. The number of hydrogen-bond donors (Lipinski definition) is 0. The molecule has 130 valence electrons. The van der Waals surface area contributed by atoms with E-state index in [9.17, 15) is 35.4 Å². The van der Waals surface area contributed by atoms with E-state index in [1.54, 1.807) is 6.92 Å². The van der Waals surface area contributed by atoms with Crippen LogP contribution in [0, 0.1) is 0 Å². The van der Waals surface area contributed by atoms with E-state index in [0.29, 0.717) is 6.42 Å². The fourth-order valence-corrected chi connectivity index (χ4v) is 0.134. The second kappa shape index (κ2) is 63.2. The predicted molar refractivity (Wildman–Crippen MR) is 60.6 cm³/mol. The van der Waals surface area contributed by atoms with Crippen LogP contribution in [0.3, 0.4) is 0 Å². The molecule has 0 aromatic carbocycles. The standard InChI is InChI=1S/C4H9F.C3H7F.2CH2F2O.CH2F2/c1-2-3-4-5;1-2-3-4;2*2-1-4-3;2-1-3/h2-4H2,1H3;2-3H2,1H3;2*1H2;1H2. The zero-order chi connectivity index (χ0) is 17.1. The van der Waals surface area contributed by atoms with E-state index in [1.165, 1.54) is 0 Å². The molecule has 0 saturated heterocycles. The minimum Gasteiger partial charge on any atom is -0.251 e. The van der Waals surface area contributed by atoms with Gasteiger partial charge in [0.25, 0.3) is 0 Å². The molecule has 0 saturated carbocycles. The third-order valence-corrected chi connectivity index (χ3v) is 0.759. The topological polar surface area (TPSA) is 18.5 Å². The molecule has 10 heteroatoms. The molecule has 0 amide bonds. The van der Waals surface area contributed by atoms with Crippen LogP contribution in [0.5, 0.6) is 0 Å². The third-order valence-electron chi connectivity index (χ3n) is 0.759. The summed E-state index contributed by atoms with van der Waals surface area (Å²) in [6, 6.07) is 0. The van der Waals surface area contributed by atoms with Gasteiger partial charge in [0.2, 0.25) is 20.6 Å². The molecule has 0 N–H and O–H groups in total. The molecule has 20 heavy (non-hydrogen) atoms. The van der Waals surface area contributed by atoms with Crippen molar-refractivity contribution in [1.82, 2.24) is 0 Å². The summed E-state index contributed by atoms with van der Waals surface area (Å²) in [5.41, 5.74) is 0. The molecule has 0 aliphatic rings. The lowest BCUT2D eigenvalue weighted by molar-refractivity contribution is -0.167. The lowest BCUT2D eigenvalue weighted by Gasteiger charge is -1.76. The molecule has 0 unspecified atom stereocenters. The first kappa shape index (κ1) is 31.6. The predicted octanol–water partition coefficient (Wildman–Crippen LogP) is 5.63. The van der Waals surface area contributed by atoms with E-state index < -0.39 is 20.6 Å². The van der Waals surface area contributed by atoms with Crippen LogP contribution in [0.4, 0.5) is 35.4 Å². The summed E-state index contributed by atoms with van der Waals surface area (Å²) in [6.07, 6.45) is 2.34. The van der Waals surface area contributed by atoms with Crippen LogP contribution in [0.2, 0.25) is 0 Å². The normalized spacial score (nSPS) is 7.50. The summed E-state index contributed by atoms with van der Waals surface area (Å²) in [6.45, 7) is -1.00. The van der Waals surface area contributed by atoms with Crippen LogP contribution < -0.4 is 0 Å². The number of alkyl halides is 6. The maximum Gasteiger partial charge on any atom is 0.229 e. The summed E-state index contributed by atoms with van der Waals surface area (Å²) in [5.74, 6) is 0. The second-order valence-corrected chi connectivity index (χ2v) is 2.27. The first-order chi connectivity index (χ1) is 9.57. The van der Waals surface area contributed by atoms with Crippen molar-refractivity contribution in [3.8, 4) is 0 Å². The van der Waals surface area contributed by atoms with Crippen molar-refractivity contribution in [1.29, 1.82) is 0 Å². The zero-order valence-electron chi connectivity index (χ0n) is 11.5. The Morgan fingerprint density at radius 3 is 0.900 bits per heavy atom. The van der Waals surface area contributed by atoms with Crippen molar-refractivity contribution in [2.45, 2.75) is 33.1 Å². The lowest BCUT2D eigenvalue weighted by atomic mass is 10.4. The van der Waals surface area contributed by atoms with Crippen molar-refractivity contribution in [3.05, 3.63) is 0 Å². The summed E-state index contributed by atoms with van der Waals surface area (Å²) in [5, 5.41) is 0. The Morgan fingerprint density at radius 2 is 0.900 bits per heavy atom. The molecule has 0 radical (unpaired) electrons. The molecule has 0 aromatic rings. The Kier molecular flexibility index (Phi) is 99.9. The molecule has 2 nitrogen and oxygen atoms in total. The minimum atomic E-state index is -1.75. The van der Waals surface area contributed by atoms with E-state index >= 15 is 0 Å². The number of unbranched alkanes of at least 4 members (excludes halogenated alkanes) is 1. The first-order valence-corrected chi connectivity index (χ1v) is 5.40. The van der Waals surface area contributed by atoms with Crippen molar-refractivity contribution in [2.75, 3.05) is 34.0 Å². The molecule has 0 aromatic heterocycles. The molecule has 0 rings (SSSR count). The molecular formula is C10H22F8O2. The molecule has 0 heterocycles. The highest BCUT2D eigenvalue weighted by atomic mass is 19.3. The van der Waals surface area contributed by atoms with E-state index in [0.717, 1.165) is 12.8 Å². The number of hydrogen-bond acceptors (Lipinski definition) is 2. The molecule has 0 aliphatic heterocycles. The van der Waals surface area contributed by atoms with Crippen LogP contribution in [0.15, 0.2) is 0 Å². The zero-order valence-corrected chi connectivity index (χ0v) is 11.5. The molecule has 0 bridgehead atoms. The van der Waals surface area contributed by atoms with Crippen LogP contribution in [-0.2, 0) is 9.88 Å². The van der Waals surface area contributed by atoms with Gasteiger partial charge in [0.05, 0.1) is 13.3 Å². The van der Waals surface area contributed by atoms with E-state index in [4.69, 9.17) is 0 Å². The monoisotopic (exact) mass is 326 g/mol. The summed E-state index contributed by atoms with van der Waals surface area (Å²) in [7, 11) is 0. The largest absolute Gasteiger partial charge is 0.251 e. The maximum absolute atomic E-state index is 11.0. The van der Waals surface area contributed by atoms with E-state index in [2.05, 4.69) is 9.88 Å². The van der Waals surface area contributed by atoms with Gasteiger partial charge in [-0.15, -0.1) is 0 Å². The molecular weight excluding hydrogens is 304 g/mol. The van der Waals surface area contributed by atoms with Gasteiger partial charge in [0.15, 0.2) is 0 Å². The van der Waals surface area contributed by atoms with Crippen molar-refractivity contribution >= 4 is 0 Å². The van der Waals surface area contributed by atoms with Gasteiger partial charge in [-0.3, -0.25) is 8.78 Å². The van der Waals surface area contributed by atoms with Gasteiger partial charge in [-0.2, -0.15) is 9.88 Å². The minimum absolute atomic E-state index is 0.156. The summed E-state index contributed by atoms with van der Waals surface area (Å²) in [4.78, 5) is 4.75. The van der Waals surface area contributed by atoms with Crippen molar-refractivity contribution in [3.63, 3.8) is 0 Å². The molecule has 0 spiro atoms. The van der Waals surface area contributed by atoms with Crippen molar-refractivity contribution < 1.29 is 45.3 Å². The lowest BCUT2D eigenvalue weighted by Crippen LogP contribution is -1.67. The van der Waals surface area contributed by atoms with Gasteiger partial charge in [-0.1, -0.05) is 20.3 Å². The third kappa shape index (κ3) is 244. The van der Waals surface area contributed by atoms with Gasteiger partial charge in [-0.05, 0) is 21.9 Å². The average molecular weight is 326 g/mol. The fraction of sp³-hybridized carbons (Fsp3) is 1.00. The fourth-order valence-electron chi connectivity index (χ4n) is 0.134. The van der Waals surface area contributed by atoms with Crippen LogP contribution >= 0.6 is 0 Å². The van der Waals surface area contributed by atoms with Crippen LogP contribution in [-0.4, -0.2) is 34.0 Å². The quantitative estimate of drug-likeness (QED) is 0.609. The Morgan fingerprint density at radius 1 is 0.650 bits per heavy atom. The first-order valence-electron chi connectivity index (χ1n) is 5.40. The maximum atomic E-state index is 11.0. The van der Waals surface area contributed by atoms with E-state index in [-0.39, 0.29) is 13.3 Å². The highest BCUT2D eigenvalue weighted by Gasteiger charge is 1.71. The molecule has 0 fully saturated rings. The Labute approximate surface area is 113 Å². The van der Waals surface area contributed by atoms with Gasteiger partial charge in [0, 0.05) is 0 Å². The van der Waals surface area contributed by atoms with Gasteiger partial charge in [0.1, 0.15) is 0 Å². The number of halogens is 8. The molecule has 0 atom stereocenters. The number of rotatable bonds is 5. The smallest absolute Gasteiger partial charge is 0.229 e. The summed E-state index contributed by atoms with van der Waals surface area (Å²) >= 11 is 0.